The topological polar surface area (TPSA) is 61.5 Å². The maximum atomic E-state index is 11.5. The van der Waals surface area contributed by atoms with Crippen molar-refractivity contribution in [3.8, 4) is 5.75 Å². The predicted molar refractivity (Wildman–Crippen MR) is 64.5 cm³/mol. The van der Waals surface area contributed by atoms with E-state index in [0.717, 1.165) is 15.8 Å². The molecule has 0 saturated heterocycles. The highest BCUT2D eigenvalue weighted by Gasteiger charge is 2.22. The first-order chi connectivity index (χ1) is 7.63. The number of benzene rings is 1. The molecule has 0 bridgehead atoms. The minimum atomic E-state index is -0.453. The molecule has 88 valence electrons. The van der Waals surface area contributed by atoms with E-state index in [4.69, 9.17) is 15.2 Å². The van der Waals surface area contributed by atoms with Crippen molar-refractivity contribution in [2.45, 2.75) is 5.92 Å². The van der Waals surface area contributed by atoms with Gasteiger partial charge in [0, 0.05) is 11.0 Å². The van der Waals surface area contributed by atoms with Gasteiger partial charge in [0.1, 0.15) is 5.75 Å². The van der Waals surface area contributed by atoms with Gasteiger partial charge in [-0.2, -0.15) is 0 Å². The molecule has 1 rings (SSSR count). The second-order valence-electron chi connectivity index (χ2n) is 3.20. The molecule has 5 heteroatoms. The fourth-order valence-corrected chi connectivity index (χ4v) is 2.04. The zero-order valence-electron chi connectivity index (χ0n) is 9.20. The Morgan fingerprint density at radius 1 is 1.50 bits per heavy atom. The molecule has 0 saturated carbocycles. The lowest BCUT2D eigenvalue weighted by Gasteiger charge is -2.15. The maximum absolute atomic E-state index is 11.5. The molecule has 0 aliphatic rings. The van der Waals surface area contributed by atoms with Gasteiger partial charge in [0.15, 0.2) is 0 Å². The number of nitrogens with two attached hydrogens (primary N) is 1. The SMILES string of the molecule is COC(=O)C(CN)c1ccc(OC)cc1Br. The number of carbonyl (C=O) groups is 1. The summed E-state index contributed by atoms with van der Waals surface area (Å²) in [6.07, 6.45) is 0. The number of carbonyl (C=O) groups excluding carboxylic acids is 1. The summed E-state index contributed by atoms with van der Waals surface area (Å²) in [5.74, 6) is -0.0742. The van der Waals surface area contributed by atoms with Crippen molar-refractivity contribution >= 4 is 21.9 Å². The summed E-state index contributed by atoms with van der Waals surface area (Å²) >= 11 is 3.38. The van der Waals surface area contributed by atoms with Crippen LogP contribution in [0.5, 0.6) is 5.75 Å². The molecule has 4 nitrogen and oxygen atoms in total. The second-order valence-corrected chi connectivity index (χ2v) is 4.05. The Morgan fingerprint density at radius 2 is 2.19 bits per heavy atom. The van der Waals surface area contributed by atoms with Crippen LogP contribution in [0.1, 0.15) is 11.5 Å². The van der Waals surface area contributed by atoms with Crippen molar-refractivity contribution in [1.29, 1.82) is 0 Å². The van der Waals surface area contributed by atoms with Gasteiger partial charge >= 0.3 is 5.97 Å². The van der Waals surface area contributed by atoms with Crippen molar-refractivity contribution in [1.82, 2.24) is 0 Å². The Hall–Kier alpha value is -1.07. The van der Waals surface area contributed by atoms with E-state index in [0.29, 0.717) is 0 Å². The summed E-state index contributed by atoms with van der Waals surface area (Å²) in [7, 11) is 2.94. The molecular formula is C11H14BrNO3. The number of hydrogen-bond donors (Lipinski definition) is 1. The van der Waals surface area contributed by atoms with Crippen molar-refractivity contribution in [3.63, 3.8) is 0 Å². The van der Waals surface area contributed by atoms with Crippen LogP contribution in [0.25, 0.3) is 0 Å². The lowest BCUT2D eigenvalue weighted by atomic mass is 9.99. The third-order valence-electron chi connectivity index (χ3n) is 2.30. The zero-order chi connectivity index (χ0) is 12.1. The molecule has 16 heavy (non-hydrogen) atoms. The van der Waals surface area contributed by atoms with E-state index in [1.807, 2.05) is 0 Å². The van der Waals surface area contributed by atoms with Crippen LogP contribution in [0.4, 0.5) is 0 Å². The summed E-state index contributed by atoms with van der Waals surface area (Å²) in [5, 5.41) is 0. The Bertz CT molecular complexity index is 381. The number of ether oxygens (including phenoxy) is 2. The molecule has 1 aromatic rings. The van der Waals surface area contributed by atoms with E-state index in [2.05, 4.69) is 15.9 Å². The highest BCUT2D eigenvalue weighted by atomic mass is 79.9. The van der Waals surface area contributed by atoms with E-state index >= 15 is 0 Å². The average molecular weight is 288 g/mol. The minimum Gasteiger partial charge on any atom is -0.497 e. The highest BCUT2D eigenvalue weighted by Crippen LogP contribution is 2.29. The molecule has 0 aliphatic carbocycles. The predicted octanol–water partition coefficient (Wildman–Crippen LogP) is 1.67. The summed E-state index contributed by atoms with van der Waals surface area (Å²) in [4.78, 5) is 11.5. The summed E-state index contributed by atoms with van der Waals surface area (Å²) in [6.45, 7) is 0.206. The summed E-state index contributed by atoms with van der Waals surface area (Å²) in [6, 6.07) is 5.38. The fraction of sp³-hybridized carbons (Fsp3) is 0.364. The third-order valence-corrected chi connectivity index (χ3v) is 2.99. The third kappa shape index (κ3) is 2.74. The molecular weight excluding hydrogens is 274 g/mol. The van der Waals surface area contributed by atoms with Gasteiger partial charge in [-0.1, -0.05) is 22.0 Å². The molecule has 0 aliphatic heterocycles. The van der Waals surface area contributed by atoms with Crippen LogP contribution >= 0.6 is 15.9 Å². The van der Waals surface area contributed by atoms with Crippen molar-refractivity contribution in [2.75, 3.05) is 20.8 Å². The number of methoxy groups -OCH3 is 2. The van der Waals surface area contributed by atoms with E-state index < -0.39 is 5.92 Å². The smallest absolute Gasteiger partial charge is 0.314 e. The fourth-order valence-electron chi connectivity index (χ4n) is 1.41. The number of hydrogen-bond acceptors (Lipinski definition) is 4. The molecule has 1 unspecified atom stereocenters. The van der Waals surface area contributed by atoms with Crippen LogP contribution in [-0.2, 0) is 9.53 Å². The van der Waals surface area contributed by atoms with Crippen LogP contribution in [0.3, 0.4) is 0 Å². The minimum absolute atomic E-state index is 0.206. The number of halogens is 1. The van der Waals surface area contributed by atoms with Gasteiger partial charge in [-0.05, 0) is 17.7 Å². The zero-order valence-corrected chi connectivity index (χ0v) is 10.8. The highest BCUT2D eigenvalue weighted by molar-refractivity contribution is 9.10. The average Bonchev–Trinajstić information content (AvgIpc) is 2.31. The van der Waals surface area contributed by atoms with Gasteiger partial charge in [0.2, 0.25) is 0 Å². The monoisotopic (exact) mass is 287 g/mol. The normalized spacial score (nSPS) is 12.0. The first-order valence-electron chi connectivity index (χ1n) is 4.75. The summed E-state index contributed by atoms with van der Waals surface area (Å²) in [5.41, 5.74) is 6.37. The van der Waals surface area contributed by atoms with E-state index in [1.165, 1.54) is 7.11 Å². The van der Waals surface area contributed by atoms with E-state index in [9.17, 15) is 4.79 Å². The number of esters is 1. The molecule has 1 atom stereocenters. The van der Waals surface area contributed by atoms with E-state index in [-0.39, 0.29) is 12.5 Å². The van der Waals surface area contributed by atoms with Gasteiger partial charge in [0.25, 0.3) is 0 Å². The standard InChI is InChI=1S/C11H14BrNO3/c1-15-7-3-4-8(10(12)5-7)9(6-13)11(14)16-2/h3-5,9H,6,13H2,1-2H3. The molecule has 0 amide bonds. The van der Waals surface area contributed by atoms with Gasteiger partial charge in [0.05, 0.1) is 20.1 Å². The molecule has 0 aromatic heterocycles. The Labute approximate surface area is 103 Å². The van der Waals surface area contributed by atoms with Crippen LogP contribution in [0, 0.1) is 0 Å². The second kappa shape index (κ2) is 5.86. The van der Waals surface area contributed by atoms with Crippen LogP contribution in [-0.4, -0.2) is 26.7 Å². The van der Waals surface area contributed by atoms with Gasteiger partial charge in [-0.3, -0.25) is 4.79 Å². The first-order valence-corrected chi connectivity index (χ1v) is 5.54. The van der Waals surface area contributed by atoms with Crippen molar-refractivity contribution < 1.29 is 14.3 Å². The van der Waals surface area contributed by atoms with Crippen molar-refractivity contribution in [3.05, 3.63) is 28.2 Å². The largest absolute Gasteiger partial charge is 0.497 e. The van der Waals surface area contributed by atoms with Gasteiger partial charge in [-0.25, -0.2) is 0 Å². The van der Waals surface area contributed by atoms with Crippen LogP contribution in [0.15, 0.2) is 22.7 Å². The van der Waals surface area contributed by atoms with Gasteiger partial charge < -0.3 is 15.2 Å². The Kier molecular flexibility index (Phi) is 4.76. The molecule has 0 fully saturated rings. The molecule has 1 aromatic carbocycles. The Balaban J connectivity index is 3.06. The Morgan fingerprint density at radius 3 is 2.62 bits per heavy atom. The summed E-state index contributed by atoms with van der Waals surface area (Å²) < 4.78 is 10.6. The molecule has 0 radical (unpaired) electrons. The van der Waals surface area contributed by atoms with Crippen LogP contribution in [0.2, 0.25) is 0 Å². The molecule has 0 spiro atoms. The van der Waals surface area contributed by atoms with Crippen LogP contribution < -0.4 is 10.5 Å². The van der Waals surface area contributed by atoms with Gasteiger partial charge in [-0.15, -0.1) is 0 Å². The quantitative estimate of drug-likeness (QED) is 0.856. The maximum Gasteiger partial charge on any atom is 0.314 e. The number of rotatable bonds is 4. The van der Waals surface area contributed by atoms with Crippen molar-refractivity contribution in [2.24, 2.45) is 5.73 Å². The van der Waals surface area contributed by atoms with E-state index in [1.54, 1.807) is 25.3 Å². The lowest BCUT2D eigenvalue weighted by molar-refractivity contribution is -0.142. The first kappa shape index (κ1) is 13.0. The lowest BCUT2D eigenvalue weighted by Crippen LogP contribution is -2.23. The molecule has 0 heterocycles. The molecule has 2 N–H and O–H groups in total.